The molecule has 1 amide bonds. The first-order valence-electron chi connectivity index (χ1n) is 7.63. The van der Waals surface area contributed by atoms with Gasteiger partial charge in [0, 0.05) is 5.02 Å². The largest absolute Gasteiger partial charge is 0.444 e. The van der Waals surface area contributed by atoms with Crippen molar-refractivity contribution in [3.05, 3.63) is 28.2 Å². The maximum Gasteiger partial charge on any atom is 0.408 e. The topological polar surface area (TPSA) is 62.4 Å². The summed E-state index contributed by atoms with van der Waals surface area (Å²) in [7, 11) is 0. The van der Waals surface area contributed by atoms with Gasteiger partial charge in [-0.25, -0.2) is 4.79 Å². The Labute approximate surface area is 158 Å². The van der Waals surface area contributed by atoms with Crippen LogP contribution in [0.2, 0.25) is 10.0 Å². The van der Waals surface area contributed by atoms with Crippen LogP contribution < -0.4 is 16.2 Å². The zero-order chi connectivity index (χ0) is 18.3. The molecule has 0 fully saturated rings. The molecule has 0 aliphatic rings. The third kappa shape index (κ3) is 7.55. The summed E-state index contributed by atoms with van der Waals surface area (Å²) in [4.78, 5) is 12.4. The van der Waals surface area contributed by atoms with Crippen molar-refractivity contribution in [3.8, 4) is 0 Å². The predicted octanol–water partition coefficient (Wildman–Crippen LogP) is 4.93. The average Bonchev–Trinajstić information content (AvgIpc) is 2.45. The molecule has 8 heteroatoms. The third-order valence-corrected chi connectivity index (χ3v) is 3.78. The number of halogens is 2. The van der Waals surface area contributed by atoms with Gasteiger partial charge < -0.3 is 10.1 Å². The van der Waals surface area contributed by atoms with Gasteiger partial charge in [0.15, 0.2) is 0 Å². The summed E-state index contributed by atoms with van der Waals surface area (Å²) in [5.74, 6) is 0. The Morgan fingerprint density at radius 2 is 2.00 bits per heavy atom. The molecule has 0 heterocycles. The van der Waals surface area contributed by atoms with Crippen LogP contribution in [-0.2, 0) is 4.74 Å². The molecule has 0 aliphatic carbocycles. The van der Waals surface area contributed by atoms with Crippen molar-refractivity contribution in [2.45, 2.75) is 52.2 Å². The van der Waals surface area contributed by atoms with E-state index < -0.39 is 11.7 Å². The molecule has 1 rings (SSSR count). The Bertz CT molecular complexity index is 591. The Balaban J connectivity index is 2.66. The van der Waals surface area contributed by atoms with E-state index in [2.05, 4.69) is 16.2 Å². The van der Waals surface area contributed by atoms with Crippen LogP contribution in [0.4, 0.5) is 10.5 Å². The minimum absolute atomic E-state index is 0.356. The second kappa shape index (κ2) is 9.30. The van der Waals surface area contributed by atoms with E-state index >= 15 is 0 Å². The molecule has 1 aromatic rings. The van der Waals surface area contributed by atoms with E-state index in [9.17, 15) is 4.79 Å². The molecular weight excluding hydrogens is 369 g/mol. The molecule has 5 nitrogen and oxygen atoms in total. The quantitative estimate of drug-likeness (QED) is 0.473. The second-order valence-electron chi connectivity index (χ2n) is 6.23. The van der Waals surface area contributed by atoms with Crippen molar-refractivity contribution >= 4 is 52.2 Å². The standard InChI is InChI=1S/C16H23Cl2N3O2S/c1-5-6-12(19-15(22)23-16(2,3)4)14(24)21-20-13-9-10(17)7-8-11(13)18/h7-9,12,20H,5-6H2,1-4H3,(H,19,22)(H,21,24). The van der Waals surface area contributed by atoms with Crippen LogP contribution >= 0.6 is 35.4 Å². The van der Waals surface area contributed by atoms with Gasteiger partial charge in [-0.1, -0.05) is 48.8 Å². The van der Waals surface area contributed by atoms with E-state index in [4.69, 9.17) is 40.2 Å². The first-order chi connectivity index (χ1) is 11.1. The summed E-state index contributed by atoms with van der Waals surface area (Å²) >= 11 is 17.4. The number of hydrogen-bond donors (Lipinski definition) is 3. The maximum absolute atomic E-state index is 11.9. The highest BCUT2D eigenvalue weighted by atomic mass is 35.5. The van der Waals surface area contributed by atoms with Crippen molar-refractivity contribution in [3.63, 3.8) is 0 Å². The molecule has 24 heavy (non-hydrogen) atoms. The molecule has 3 N–H and O–H groups in total. The van der Waals surface area contributed by atoms with E-state index in [0.29, 0.717) is 27.1 Å². The SMILES string of the molecule is CCCC(NC(=O)OC(C)(C)C)C(=S)NNc1cc(Cl)ccc1Cl. The van der Waals surface area contributed by atoms with Gasteiger partial charge in [-0.2, -0.15) is 0 Å². The molecular formula is C16H23Cl2N3O2S. The lowest BCUT2D eigenvalue weighted by Gasteiger charge is -2.24. The molecule has 0 spiro atoms. The van der Waals surface area contributed by atoms with Crippen molar-refractivity contribution < 1.29 is 9.53 Å². The normalized spacial score (nSPS) is 12.2. The first-order valence-corrected chi connectivity index (χ1v) is 8.79. The van der Waals surface area contributed by atoms with E-state index in [0.717, 1.165) is 6.42 Å². The number of amides is 1. The van der Waals surface area contributed by atoms with Crippen LogP contribution in [-0.4, -0.2) is 22.7 Å². The zero-order valence-electron chi connectivity index (χ0n) is 14.2. The van der Waals surface area contributed by atoms with Gasteiger partial charge in [-0.15, -0.1) is 0 Å². The van der Waals surface area contributed by atoms with E-state index in [1.54, 1.807) is 39.0 Å². The monoisotopic (exact) mass is 391 g/mol. The number of anilines is 1. The fourth-order valence-electron chi connectivity index (χ4n) is 1.82. The summed E-state index contributed by atoms with van der Waals surface area (Å²) in [6.07, 6.45) is 1.02. The zero-order valence-corrected chi connectivity index (χ0v) is 16.5. The van der Waals surface area contributed by atoms with Gasteiger partial charge in [0.05, 0.1) is 16.8 Å². The number of hydrazine groups is 1. The second-order valence-corrected chi connectivity index (χ2v) is 7.51. The molecule has 0 radical (unpaired) electrons. The molecule has 0 saturated carbocycles. The van der Waals surface area contributed by atoms with Crippen LogP contribution in [0.5, 0.6) is 0 Å². The third-order valence-electron chi connectivity index (χ3n) is 2.83. The lowest BCUT2D eigenvalue weighted by molar-refractivity contribution is 0.0516. The maximum atomic E-state index is 11.9. The number of carbonyl (C=O) groups is 1. The molecule has 0 saturated heterocycles. The van der Waals surface area contributed by atoms with Crippen LogP contribution in [0, 0.1) is 0 Å². The minimum atomic E-state index is -0.567. The van der Waals surface area contributed by atoms with Crippen LogP contribution in [0.25, 0.3) is 0 Å². The predicted molar refractivity (Wildman–Crippen MR) is 104 cm³/mol. The minimum Gasteiger partial charge on any atom is -0.444 e. The Kier molecular flexibility index (Phi) is 8.06. The number of ether oxygens (including phenoxy) is 1. The van der Waals surface area contributed by atoms with Gasteiger partial charge in [-0.3, -0.25) is 10.9 Å². The average molecular weight is 392 g/mol. The van der Waals surface area contributed by atoms with Crippen molar-refractivity contribution in [2.75, 3.05) is 5.43 Å². The molecule has 1 atom stereocenters. The van der Waals surface area contributed by atoms with Crippen molar-refractivity contribution in [1.82, 2.24) is 10.7 Å². The number of thiocarbonyl (C=S) groups is 1. The van der Waals surface area contributed by atoms with E-state index in [1.807, 2.05) is 6.92 Å². The van der Waals surface area contributed by atoms with E-state index in [1.165, 1.54) is 0 Å². The lowest BCUT2D eigenvalue weighted by atomic mass is 10.1. The van der Waals surface area contributed by atoms with Gasteiger partial charge in [-0.05, 0) is 45.4 Å². The molecule has 0 aliphatic heterocycles. The molecule has 0 aromatic heterocycles. The number of alkyl carbamates (subject to hydrolysis) is 1. The van der Waals surface area contributed by atoms with Gasteiger partial charge in [0.25, 0.3) is 0 Å². The highest BCUT2D eigenvalue weighted by Crippen LogP contribution is 2.24. The molecule has 134 valence electrons. The number of carbonyl (C=O) groups excluding carboxylic acids is 1. The number of nitrogens with one attached hydrogen (secondary N) is 3. The highest BCUT2D eigenvalue weighted by Gasteiger charge is 2.21. The smallest absolute Gasteiger partial charge is 0.408 e. The summed E-state index contributed by atoms with van der Waals surface area (Å²) < 4.78 is 5.27. The summed E-state index contributed by atoms with van der Waals surface area (Å²) in [5.41, 5.74) is 5.83. The van der Waals surface area contributed by atoms with Gasteiger partial charge in [0.1, 0.15) is 10.6 Å². The van der Waals surface area contributed by atoms with Crippen molar-refractivity contribution in [2.24, 2.45) is 0 Å². The lowest BCUT2D eigenvalue weighted by Crippen LogP contribution is -2.48. The summed E-state index contributed by atoms with van der Waals surface area (Å²) in [6.45, 7) is 7.43. The van der Waals surface area contributed by atoms with E-state index in [-0.39, 0.29) is 6.04 Å². The Hall–Kier alpha value is -1.24. The van der Waals surface area contributed by atoms with Gasteiger partial charge >= 0.3 is 6.09 Å². The van der Waals surface area contributed by atoms with Gasteiger partial charge in [0.2, 0.25) is 0 Å². The molecule has 1 unspecified atom stereocenters. The van der Waals surface area contributed by atoms with Crippen LogP contribution in [0.1, 0.15) is 40.5 Å². The summed E-state index contributed by atoms with van der Waals surface area (Å²) in [6, 6.07) is 4.69. The van der Waals surface area contributed by atoms with Crippen molar-refractivity contribution in [1.29, 1.82) is 0 Å². The fourth-order valence-corrected chi connectivity index (χ4v) is 2.38. The van der Waals surface area contributed by atoms with Crippen LogP contribution in [0.3, 0.4) is 0 Å². The highest BCUT2D eigenvalue weighted by molar-refractivity contribution is 7.80. The number of benzene rings is 1. The summed E-state index contributed by atoms with van der Waals surface area (Å²) in [5, 5.41) is 3.82. The van der Waals surface area contributed by atoms with Crippen LogP contribution in [0.15, 0.2) is 18.2 Å². The number of hydrogen-bond acceptors (Lipinski definition) is 4. The molecule has 0 bridgehead atoms. The number of rotatable bonds is 6. The Morgan fingerprint density at radius 1 is 1.33 bits per heavy atom. The Morgan fingerprint density at radius 3 is 2.58 bits per heavy atom. The molecule has 1 aromatic carbocycles. The fraction of sp³-hybridized carbons (Fsp3) is 0.500. The first kappa shape index (κ1) is 20.8.